The molecule has 1 amide bonds. The smallest absolute Gasteiger partial charge is 0.456 e. The first kappa shape index (κ1) is 75.7. The number of amides is 1. The van der Waals surface area contributed by atoms with Gasteiger partial charge in [0.15, 0.2) is 0 Å². The van der Waals surface area contributed by atoms with Crippen molar-refractivity contribution in [1.29, 1.82) is 0 Å². The predicted octanol–water partition coefficient (Wildman–Crippen LogP) is 20.1. The van der Waals surface area contributed by atoms with E-state index in [0.29, 0.717) is 23.9 Å². The largest absolute Gasteiger partial charge is 0.472 e. The maximum Gasteiger partial charge on any atom is 0.472 e. The Bertz CT molecular complexity index is 1720. The topological polar surface area (TPSA) is 111 Å². The molecule has 0 aromatic heterocycles. The first-order chi connectivity index (χ1) is 38.4. The number of esters is 1. The van der Waals surface area contributed by atoms with E-state index in [9.17, 15) is 19.0 Å². The molecule has 0 saturated carbocycles. The molecule has 0 fully saturated rings. The average Bonchev–Trinajstić information content (AvgIpc) is 3.41. The number of carbonyl (C=O) groups excluding carboxylic acids is 2. The summed E-state index contributed by atoms with van der Waals surface area (Å²) in [7, 11) is 1.46. The lowest BCUT2D eigenvalue weighted by atomic mass is 10.0. The molecule has 0 rings (SSSR count). The van der Waals surface area contributed by atoms with Crippen LogP contribution in [0.1, 0.15) is 265 Å². The third-order valence-electron chi connectivity index (χ3n) is 13.7. The summed E-state index contributed by atoms with van der Waals surface area (Å²) < 4.78 is 30.7. The molecule has 0 saturated heterocycles. The average molecular weight is 1120 g/mol. The highest BCUT2D eigenvalue weighted by atomic mass is 31.2. The quantitative estimate of drug-likeness (QED) is 0.0205. The lowest BCUT2D eigenvalue weighted by Gasteiger charge is -2.27. The van der Waals surface area contributed by atoms with E-state index in [1.807, 2.05) is 33.3 Å². The monoisotopic (exact) mass is 1120 g/mol. The van der Waals surface area contributed by atoms with Gasteiger partial charge in [0.2, 0.25) is 5.91 Å². The second-order valence-electron chi connectivity index (χ2n) is 22.5. The Kier molecular flexibility index (Phi) is 55.4. The van der Waals surface area contributed by atoms with Crippen molar-refractivity contribution in [3.63, 3.8) is 0 Å². The van der Waals surface area contributed by atoms with Crippen molar-refractivity contribution in [2.24, 2.45) is 0 Å². The van der Waals surface area contributed by atoms with E-state index < -0.39 is 20.0 Å². The Hall–Kier alpha value is -3.33. The fourth-order valence-corrected chi connectivity index (χ4v) is 9.47. The molecule has 0 aliphatic rings. The van der Waals surface area contributed by atoms with Gasteiger partial charge in [0, 0.05) is 12.8 Å². The summed E-state index contributed by atoms with van der Waals surface area (Å²) in [5, 5.41) is 3.04. The molecular formula is C69H122N2O7P+. The van der Waals surface area contributed by atoms with Crippen LogP contribution in [0.2, 0.25) is 0 Å². The maximum absolute atomic E-state index is 13.6. The van der Waals surface area contributed by atoms with Gasteiger partial charge in [0.25, 0.3) is 0 Å². The van der Waals surface area contributed by atoms with Gasteiger partial charge >= 0.3 is 13.8 Å². The van der Waals surface area contributed by atoms with Gasteiger partial charge < -0.3 is 19.4 Å². The molecule has 454 valence electrons. The van der Waals surface area contributed by atoms with Crippen molar-refractivity contribution >= 4 is 19.7 Å². The number of phosphoric ester groups is 1. The molecule has 0 aromatic carbocycles. The number of nitrogens with one attached hydrogen (secondary N) is 1. The molecule has 3 unspecified atom stereocenters. The van der Waals surface area contributed by atoms with Crippen LogP contribution in [0.15, 0.2) is 109 Å². The fraction of sp³-hybridized carbons (Fsp3) is 0.710. The number of allylic oxidation sites excluding steroid dienone is 17. The molecule has 0 aromatic rings. The Labute approximate surface area is 487 Å². The van der Waals surface area contributed by atoms with E-state index in [0.717, 1.165) is 122 Å². The highest BCUT2D eigenvalue weighted by Gasteiger charge is 2.30. The summed E-state index contributed by atoms with van der Waals surface area (Å²) in [5.74, 6) is -0.546. The van der Waals surface area contributed by atoms with Gasteiger partial charge in [-0.3, -0.25) is 18.6 Å². The predicted molar refractivity (Wildman–Crippen MR) is 341 cm³/mol. The molecule has 0 spiro atoms. The van der Waals surface area contributed by atoms with Crippen molar-refractivity contribution in [2.75, 3.05) is 40.9 Å². The van der Waals surface area contributed by atoms with Gasteiger partial charge in [-0.2, -0.15) is 0 Å². The Morgan fingerprint density at radius 2 is 0.810 bits per heavy atom. The van der Waals surface area contributed by atoms with E-state index in [-0.39, 0.29) is 31.5 Å². The number of likely N-dealkylation sites (N-methyl/N-ethyl adjacent to an activating group) is 1. The van der Waals surface area contributed by atoms with Gasteiger partial charge in [-0.1, -0.05) is 246 Å². The van der Waals surface area contributed by atoms with Crippen molar-refractivity contribution in [1.82, 2.24) is 5.32 Å². The highest BCUT2D eigenvalue weighted by Crippen LogP contribution is 2.43. The number of quaternary nitrogens is 1. The molecule has 79 heavy (non-hydrogen) atoms. The molecule has 0 aliphatic carbocycles. The van der Waals surface area contributed by atoms with Gasteiger partial charge in [-0.15, -0.1) is 0 Å². The minimum absolute atomic E-state index is 0.0284. The summed E-state index contributed by atoms with van der Waals surface area (Å²) in [6, 6.07) is -0.872. The zero-order valence-corrected chi connectivity index (χ0v) is 52.7. The van der Waals surface area contributed by atoms with Crippen molar-refractivity contribution < 1.29 is 37.3 Å². The molecule has 2 N–H and O–H groups in total. The minimum atomic E-state index is -4.47. The van der Waals surface area contributed by atoms with Crippen LogP contribution in [-0.2, 0) is 27.9 Å². The number of unbranched alkanes of at least 4 members (excludes halogenated alkanes) is 25. The lowest BCUT2D eigenvalue weighted by molar-refractivity contribution is -0.870. The van der Waals surface area contributed by atoms with Crippen molar-refractivity contribution in [2.45, 2.75) is 277 Å². The van der Waals surface area contributed by atoms with Crippen LogP contribution in [-0.4, -0.2) is 74.3 Å². The summed E-state index contributed by atoms with van der Waals surface area (Å²) in [6.45, 7) is 6.84. The molecule has 10 heteroatoms. The summed E-state index contributed by atoms with van der Waals surface area (Å²) in [5.41, 5.74) is 0. The first-order valence-corrected chi connectivity index (χ1v) is 33.7. The fourth-order valence-electron chi connectivity index (χ4n) is 8.74. The van der Waals surface area contributed by atoms with Crippen LogP contribution < -0.4 is 5.32 Å². The highest BCUT2D eigenvalue weighted by molar-refractivity contribution is 7.47. The van der Waals surface area contributed by atoms with Crippen LogP contribution in [0.5, 0.6) is 0 Å². The Morgan fingerprint density at radius 1 is 0.456 bits per heavy atom. The maximum atomic E-state index is 13.6. The van der Waals surface area contributed by atoms with Crippen LogP contribution >= 0.6 is 7.82 Å². The lowest BCUT2D eigenvalue weighted by Crippen LogP contribution is -2.47. The second kappa shape index (κ2) is 57.9. The standard InChI is InChI=1S/C69H121N2O7P/c1-7-10-13-16-19-22-25-28-30-32-33-34-35-36-37-39-41-44-47-50-53-56-59-62-69(73)78-67(60-57-54-51-48-45-42-27-24-21-18-15-12-9-3)66(65-77-79(74,75)76-64-63-71(4,5)6)70-68(72)61-58-55-52-49-46-43-40-38-31-29-26-23-20-17-14-11-8-2/h10,13,19-20,22-23,28-31,33-34,36-37,40,43,57,60,66-67H,7-9,11-12,14-18,21,24-27,32,35,38-39,41-42,44-56,58-59,61-65H2,1-6H3,(H-,70,72,74,75)/p+1/b13-10-,22-19-,23-20-,30-28-,31-29-,34-33-,37-36-,43-40-,60-57-. The number of ether oxygens (including phenoxy) is 1. The number of rotatable bonds is 57. The van der Waals surface area contributed by atoms with E-state index in [4.69, 9.17) is 13.8 Å². The summed E-state index contributed by atoms with van der Waals surface area (Å²) in [6.07, 6.45) is 79.4. The SMILES string of the molecule is CC/C=C\C/C=C\C/C=C\C/C=C\C/C=C\CCCCCCCCCC(=O)OC(/C=C\CCCCCCCCCCCCC)C(COP(=O)(O)OCC[N+](C)(C)C)NC(=O)CCCCCC/C=C\C/C=C\C/C=C\CCCCC. The van der Waals surface area contributed by atoms with Crippen LogP contribution in [0.25, 0.3) is 0 Å². The zero-order valence-electron chi connectivity index (χ0n) is 51.8. The van der Waals surface area contributed by atoms with Gasteiger partial charge in [0.1, 0.15) is 19.3 Å². The van der Waals surface area contributed by atoms with Gasteiger partial charge in [0.05, 0.1) is 33.8 Å². The van der Waals surface area contributed by atoms with Crippen molar-refractivity contribution in [3.05, 3.63) is 109 Å². The Morgan fingerprint density at radius 3 is 1.24 bits per heavy atom. The third kappa shape index (κ3) is 59.1. The zero-order chi connectivity index (χ0) is 57.9. The minimum Gasteiger partial charge on any atom is -0.456 e. The number of hydrogen-bond donors (Lipinski definition) is 2. The normalized spacial score (nSPS) is 14.4. The van der Waals surface area contributed by atoms with E-state index in [1.54, 1.807) is 0 Å². The molecule has 0 heterocycles. The van der Waals surface area contributed by atoms with Gasteiger partial charge in [-0.05, 0) is 115 Å². The third-order valence-corrected chi connectivity index (χ3v) is 14.7. The van der Waals surface area contributed by atoms with Crippen LogP contribution in [0.3, 0.4) is 0 Å². The molecular weight excluding hydrogens is 1000 g/mol. The summed E-state index contributed by atoms with van der Waals surface area (Å²) in [4.78, 5) is 37.8. The molecule has 0 radical (unpaired) electrons. The Balaban J connectivity index is 5.30. The van der Waals surface area contributed by atoms with Gasteiger partial charge in [-0.25, -0.2) is 4.57 Å². The van der Waals surface area contributed by atoms with E-state index >= 15 is 0 Å². The first-order valence-electron chi connectivity index (χ1n) is 32.2. The van der Waals surface area contributed by atoms with Crippen molar-refractivity contribution in [3.8, 4) is 0 Å². The number of phosphoric acid groups is 1. The molecule has 0 bridgehead atoms. The molecule has 3 atom stereocenters. The number of nitrogens with zero attached hydrogens (tertiary/aromatic N) is 1. The summed E-state index contributed by atoms with van der Waals surface area (Å²) >= 11 is 0. The van der Waals surface area contributed by atoms with Crippen LogP contribution in [0, 0.1) is 0 Å². The van der Waals surface area contributed by atoms with E-state index in [2.05, 4.69) is 123 Å². The second-order valence-corrected chi connectivity index (χ2v) is 24.0. The molecule has 9 nitrogen and oxygen atoms in total. The number of carbonyl (C=O) groups is 2. The van der Waals surface area contributed by atoms with E-state index in [1.165, 1.54) is 103 Å². The number of hydrogen-bond acceptors (Lipinski definition) is 6. The van der Waals surface area contributed by atoms with Crippen LogP contribution in [0.4, 0.5) is 0 Å². The molecule has 0 aliphatic heterocycles.